The van der Waals surface area contributed by atoms with Gasteiger partial charge < -0.3 is 4.74 Å². The number of halogens is 2. The van der Waals surface area contributed by atoms with E-state index >= 15 is 0 Å². The number of methoxy groups -OCH3 is 1. The van der Waals surface area contributed by atoms with Gasteiger partial charge in [0.2, 0.25) is 0 Å². The summed E-state index contributed by atoms with van der Waals surface area (Å²) in [5, 5.41) is 8.71. The lowest BCUT2D eigenvalue weighted by atomic mass is 10.1. The van der Waals surface area contributed by atoms with Gasteiger partial charge in [0.1, 0.15) is 0 Å². The lowest BCUT2D eigenvalue weighted by Crippen LogP contribution is -2.04. The smallest absolute Gasteiger partial charge is 0.339 e. The molecule has 0 heterocycles. The molecule has 5 heteroatoms. The molecule has 0 aliphatic rings. The van der Waals surface area contributed by atoms with Gasteiger partial charge in [0.15, 0.2) is 0 Å². The first-order valence-corrected chi connectivity index (χ1v) is 5.44. The summed E-state index contributed by atoms with van der Waals surface area (Å²) in [5.74, 6) is -0.438. The molecule has 0 aliphatic heterocycles. The van der Waals surface area contributed by atoms with Gasteiger partial charge in [0, 0.05) is 8.04 Å². The van der Waals surface area contributed by atoms with Crippen LogP contribution in [0.15, 0.2) is 16.6 Å². The van der Waals surface area contributed by atoms with Crippen molar-refractivity contribution in [2.24, 2.45) is 0 Å². The van der Waals surface area contributed by atoms with Crippen LogP contribution in [0.5, 0.6) is 0 Å². The topological polar surface area (TPSA) is 50.1 Å². The van der Waals surface area contributed by atoms with Crippen molar-refractivity contribution in [2.75, 3.05) is 7.11 Å². The number of benzene rings is 1. The van der Waals surface area contributed by atoms with Crippen molar-refractivity contribution in [2.45, 2.75) is 0 Å². The third-order valence-corrected chi connectivity index (χ3v) is 4.09. The Bertz CT molecular complexity index is 426. The first-order chi connectivity index (χ1) is 6.60. The molecule has 0 aliphatic carbocycles. The fraction of sp³-hybridized carbons (Fsp3) is 0.111. The van der Waals surface area contributed by atoms with E-state index in [2.05, 4.69) is 20.7 Å². The quantitative estimate of drug-likeness (QED) is 0.568. The van der Waals surface area contributed by atoms with Crippen LogP contribution in [0.4, 0.5) is 0 Å². The van der Waals surface area contributed by atoms with Gasteiger partial charge in [-0.3, -0.25) is 0 Å². The van der Waals surface area contributed by atoms with E-state index in [1.165, 1.54) is 13.2 Å². The minimum absolute atomic E-state index is 0.402. The van der Waals surface area contributed by atoms with Crippen molar-refractivity contribution >= 4 is 44.5 Å². The van der Waals surface area contributed by atoms with Gasteiger partial charge in [0.05, 0.1) is 24.3 Å². The number of nitriles is 1. The van der Waals surface area contributed by atoms with Crippen LogP contribution in [-0.2, 0) is 4.74 Å². The average molecular weight is 366 g/mol. The molecule has 0 atom stereocenters. The number of carbonyl (C=O) groups is 1. The maximum Gasteiger partial charge on any atom is 0.339 e. The third-order valence-electron chi connectivity index (χ3n) is 1.56. The molecule has 72 valence electrons. The molecule has 3 nitrogen and oxygen atoms in total. The van der Waals surface area contributed by atoms with E-state index in [9.17, 15) is 4.79 Å². The Kier molecular flexibility index (Phi) is 3.89. The molecule has 0 N–H and O–H groups in total. The van der Waals surface area contributed by atoms with Gasteiger partial charge in [-0.25, -0.2) is 4.79 Å². The molecule has 1 aromatic rings. The Hall–Kier alpha value is -0.610. The summed E-state index contributed by atoms with van der Waals surface area (Å²) < 4.78 is 6.06. The number of esters is 1. The number of carbonyl (C=O) groups excluding carboxylic acids is 1. The summed E-state index contributed by atoms with van der Waals surface area (Å²) in [4.78, 5) is 11.3. The molecule has 0 saturated carbocycles. The first-order valence-electron chi connectivity index (χ1n) is 3.57. The van der Waals surface area contributed by atoms with Crippen molar-refractivity contribution in [1.82, 2.24) is 0 Å². The summed E-state index contributed by atoms with van der Waals surface area (Å²) in [6, 6.07) is 5.15. The number of nitrogens with zero attached hydrogens (tertiary/aromatic N) is 1. The highest BCUT2D eigenvalue weighted by molar-refractivity contribution is 14.1. The molecule has 0 bridgehead atoms. The molecule has 0 radical (unpaired) electrons. The average Bonchev–Trinajstić information content (AvgIpc) is 2.20. The highest BCUT2D eigenvalue weighted by atomic mass is 127. The maximum atomic E-state index is 11.3. The molecule has 0 aromatic heterocycles. The van der Waals surface area contributed by atoms with E-state index in [1.807, 2.05) is 28.7 Å². The largest absolute Gasteiger partial charge is 0.465 e. The van der Waals surface area contributed by atoms with Crippen LogP contribution < -0.4 is 0 Å². The fourth-order valence-corrected chi connectivity index (χ4v) is 1.90. The zero-order valence-electron chi connectivity index (χ0n) is 7.17. The Balaban J connectivity index is 3.36. The Morgan fingerprint density at radius 3 is 2.79 bits per heavy atom. The van der Waals surface area contributed by atoms with Crippen LogP contribution in [0.2, 0.25) is 0 Å². The van der Waals surface area contributed by atoms with Crippen molar-refractivity contribution in [3.8, 4) is 6.07 Å². The van der Waals surface area contributed by atoms with E-state index in [-0.39, 0.29) is 0 Å². The second-order valence-electron chi connectivity index (χ2n) is 2.42. The van der Waals surface area contributed by atoms with Crippen molar-refractivity contribution < 1.29 is 9.53 Å². The second kappa shape index (κ2) is 4.75. The lowest BCUT2D eigenvalue weighted by Gasteiger charge is -2.04. The van der Waals surface area contributed by atoms with E-state index < -0.39 is 5.97 Å². The molecule has 14 heavy (non-hydrogen) atoms. The molecule has 1 aromatic carbocycles. The monoisotopic (exact) mass is 365 g/mol. The van der Waals surface area contributed by atoms with E-state index in [1.54, 1.807) is 6.07 Å². The van der Waals surface area contributed by atoms with Gasteiger partial charge in [0.25, 0.3) is 0 Å². The first kappa shape index (κ1) is 11.5. The second-order valence-corrected chi connectivity index (χ2v) is 4.36. The molecule has 0 saturated heterocycles. The predicted molar refractivity (Wildman–Crippen MR) is 62.9 cm³/mol. The summed E-state index contributed by atoms with van der Waals surface area (Å²) in [7, 11) is 1.31. The number of rotatable bonds is 1. The van der Waals surface area contributed by atoms with Crippen LogP contribution in [-0.4, -0.2) is 13.1 Å². The molecular weight excluding hydrogens is 361 g/mol. The van der Waals surface area contributed by atoms with Gasteiger partial charge in [-0.15, -0.1) is 0 Å². The van der Waals surface area contributed by atoms with Crippen molar-refractivity contribution in [3.05, 3.63) is 31.3 Å². The molecule has 1 rings (SSSR count). The molecule has 0 fully saturated rings. The minimum Gasteiger partial charge on any atom is -0.465 e. The van der Waals surface area contributed by atoms with Crippen LogP contribution in [0.25, 0.3) is 0 Å². The summed E-state index contributed by atoms with van der Waals surface area (Å²) in [6.45, 7) is 0. The summed E-state index contributed by atoms with van der Waals surface area (Å²) >= 11 is 5.29. The maximum absolute atomic E-state index is 11.3. The highest BCUT2D eigenvalue weighted by Crippen LogP contribution is 2.25. The van der Waals surface area contributed by atoms with Crippen LogP contribution in [0, 0.1) is 14.9 Å². The van der Waals surface area contributed by atoms with Gasteiger partial charge >= 0.3 is 5.97 Å². The normalized spacial score (nSPS) is 9.29. The van der Waals surface area contributed by atoms with Crippen molar-refractivity contribution in [1.29, 1.82) is 5.26 Å². The summed E-state index contributed by atoms with van der Waals surface area (Å²) in [6.07, 6.45) is 0. The van der Waals surface area contributed by atoms with E-state index in [0.29, 0.717) is 11.1 Å². The molecule has 0 unspecified atom stereocenters. The van der Waals surface area contributed by atoms with Crippen molar-refractivity contribution in [3.63, 3.8) is 0 Å². The van der Waals surface area contributed by atoms with Gasteiger partial charge in [-0.1, -0.05) is 0 Å². The van der Waals surface area contributed by atoms with Gasteiger partial charge in [-0.05, 0) is 50.7 Å². The van der Waals surface area contributed by atoms with Gasteiger partial charge in [-0.2, -0.15) is 5.26 Å². The zero-order valence-corrected chi connectivity index (χ0v) is 10.9. The lowest BCUT2D eigenvalue weighted by molar-refractivity contribution is 0.0599. The van der Waals surface area contributed by atoms with E-state index in [4.69, 9.17) is 5.26 Å². The molecule has 0 spiro atoms. The number of hydrogen-bond donors (Lipinski definition) is 0. The third kappa shape index (κ3) is 2.25. The predicted octanol–water partition coefficient (Wildman–Crippen LogP) is 2.71. The summed E-state index contributed by atoms with van der Waals surface area (Å²) in [5.41, 5.74) is 0.830. The highest BCUT2D eigenvalue weighted by Gasteiger charge is 2.14. The number of ether oxygens (including phenoxy) is 1. The van der Waals surface area contributed by atoms with Crippen LogP contribution in [0.1, 0.15) is 15.9 Å². The SMILES string of the molecule is COC(=O)c1cc(C#N)cc(Br)c1I. The number of hydrogen-bond acceptors (Lipinski definition) is 3. The molecule has 0 amide bonds. The van der Waals surface area contributed by atoms with Crippen LogP contribution >= 0.6 is 38.5 Å². The Labute approximate surface area is 103 Å². The van der Waals surface area contributed by atoms with E-state index in [0.717, 1.165) is 8.04 Å². The minimum atomic E-state index is -0.438. The fourth-order valence-electron chi connectivity index (χ4n) is 0.912. The Morgan fingerprint density at radius 1 is 1.64 bits per heavy atom. The molecular formula is C9H5BrINO2. The zero-order chi connectivity index (χ0) is 10.7. The van der Waals surface area contributed by atoms with Crippen LogP contribution in [0.3, 0.4) is 0 Å². The Morgan fingerprint density at radius 2 is 2.29 bits per heavy atom. The standard InChI is InChI=1S/C9H5BrINO2/c1-14-9(13)6-2-5(4-12)3-7(10)8(6)11/h2-3H,1H3.